The number of ether oxygens (including phenoxy) is 2. The number of para-hydroxylation sites is 1. The molecule has 14 heteroatoms. The zero-order valence-corrected chi connectivity index (χ0v) is 30.6. The second kappa shape index (κ2) is 19.7. The molecule has 2 aromatic carbocycles. The lowest BCUT2D eigenvalue weighted by Gasteiger charge is -2.37. The average molecular weight is 715 g/mol. The first-order valence-electron chi connectivity index (χ1n) is 17.3. The molecular formula is C37H52F2N6O6. The number of urea groups is 3. The van der Waals surface area contributed by atoms with Crippen molar-refractivity contribution >= 4 is 29.8 Å². The van der Waals surface area contributed by atoms with Crippen LogP contribution in [0.15, 0.2) is 53.7 Å². The number of esters is 1. The maximum atomic E-state index is 14.3. The molecule has 2 aliphatic rings. The Kier molecular flexibility index (Phi) is 15.8. The number of amides is 6. The largest absolute Gasteiger partial charge is 0.466 e. The number of hydrogen-bond acceptors (Lipinski definition) is 7. The molecule has 0 aliphatic carbocycles. The summed E-state index contributed by atoms with van der Waals surface area (Å²) in [6, 6.07) is 7.70. The van der Waals surface area contributed by atoms with Crippen molar-refractivity contribution in [2.75, 3.05) is 46.3 Å². The number of hydrogen-bond donors (Lipinski definition) is 4. The quantitative estimate of drug-likeness (QED) is 0.191. The van der Waals surface area contributed by atoms with Crippen molar-refractivity contribution in [3.8, 4) is 0 Å². The number of aryl methyl sites for hydroxylation is 1. The highest BCUT2D eigenvalue weighted by Crippen LogP contribution is 2.35. The van der Waals surface area contributed by atoms with Crippen LogP contribution in [0, 0.1) is 24.5 Å². The summed E-state index contributed by atoms with van der Waals surface area (Å²) in [4.78, 5) is 53.8. The van der Waals surface area contributed by atoms with Crippen molar-refractivity contribution in [2.24, 2.45) is 5.92 Å². The van der Waals surface area contributed by atoms with Crippen molar-refractivity contribution in [1.29, 1.82) is 0 Å². The summed E-state index contributed by atoms with van der Waals surface area (Å²) in [7, 11) is 4.12. The third kappa shape index (κ3) is 11.2. The van der Waals surface area contributed by atoms with E-state index in [2.05, 4.69) is 46.9 Å². The number of benzene rings is 2. The number of nitrogens with one attached hydrogen (secondary N) is 4. The van der Waals surface area contributed by atoms with E-state index >= 15 is 0 Å². The maximum absolute atomic E-state index is 14.3. The number of imide groups is 1. The molecule has 0 spiro atoms. The molecule has 1 fully saturated rings. The van der Waals surface area contributed by atoms with Crippen LogP contribution in [0.5, 0.6) is 0 Å². The Bertz CT molecular complexity index is 1550. The van der Waals surface area contributed by atoms with E-state index in [1.807, 2.05) is 31.2 Å². The highest BCUT2D eigenvalue weighted by Gasteiger charge is 2.44. The van der Waals surface area contributed by atoms with Crippen molar-refractivity contribution in [3.05, 3.63) is 76.5 Å². The molecule has 0 saturated carbocycles. The number of halogens is 2. The van der Waals surface area contributed by atoms with Crippen LogP contribution in [0.1, 0.15) is 70.0 Å². The van der Waals surface area contributed by atoms with E-state index in [1.54, 1.807) is 7.05 Å². The predicted octanol–water partition coefficient (Wildman–Crippen LogP) is 6.24. The smallest absolute Gasteiger partial charge is 0.338 e. The SMILES string of the molecule is CCCC(CCC(C)C)N1CCC(NC(=O)N2C(=O)NC(COC)=C(C(=O)OC)C2c2ccc(F)c(F)c2)C1.CNC(=O)Nc1ccccc1C. The minimum Gasteiger partial charge on any atom is -0.466 e. The van der Waals surface area contributed by atoms with Crippen molar-refractivity contribution < 1.29 is 37.4 Å². The van der Waals surface area contributed by atoms with E-state index in [0.29, 0.717) is 24.9 Å². The fourth-order valence-electron chi connectivity index (χ4n) is 6.23. The van der Waals surface area contributed by atoms with Gasteiger partial charge in [-0.15, -0.1) is 0 Å². The van der Waals surface area contributed by atoms with Gasteiger partial charge >= 0.3 is 24.1 Å². The Morgan fingerprint density at radius 1 is 1.04 bits per heavy atom. The summed E-state index contributed by atoms with van der Waals surface area (Å²) in [6.07, 6.45) is 5.03. The molecule has 280 valence electrons. The van der Waals surface area contributed by atoms with Crippen LogP contribution in [0.2, 0.25) is 0 Å². The van der Waals surface area contributed by atoms with Crippen LogP contribution in [-0.4, -0.2) is 86.9 Å². The fourth-order valence-corrected chi connectivity index (χ4v) is 6.23. The van der Waals surface area contributed by atoms with E-state index in [4.69, 9.17) is 9.47 Å². The second-order valence-corrected chi connectivity index (χ2v) is 13.1. The molecule has 51 heavy (non-hydrogen) atoms. The molecule has 2 aromatic rings. The molecule has 4 N–H and O–H groups in total. The Morgan fingerprint density at radius 2 is 1.76 bits per heavy atom. The van der Waals surface area contributed by atoms with E-state index in [-0.39, 0.29) is 35.5 Å². The number of methoxy groups -OCH3 is 2. The number of likely N-dealkylation sites (tertiary alicyclic amines) is 1. The molecule has 3 atom stereocenters. The Hall–Kier alpha value is -4.56. The van der Waals surface area contributed by atoms with Gasteiger partial charge in [0.1, 0.15) is 6.04 Å². The van der Waals surface area contributed by atoms with Gasteiger partial charge in [-0.2, -0.15) is 0 Å². The van der Waals surface area contributed by atoms with Gasteiger partial charge in [0, 0.05) is 45.0 Å². The standard InChI is InChI=1S/C28H40F2N4O5.C9H12N2O/c1-6-7-20(10-8-17(2)3)33-13-12-19(15-33)31-27(36)34-25(18-9-11-21(29)22(30)14-18)24(26(35)39-5)23(16-38-4)32-28(34)37;1-7-5-3-4-6-8(7)11-9(12)10-2/h9,11,14,17,19-20,25H,6-8,10,12-13,15-16H2,1-5H3,(H,31,36)(H,32,37);3-6H,1-2H3,(H2,10,11,12). The number of carbonyl (C=O) groups excluding carboxylic acids is 4. The van der Waals surface area contributed by atoms with Crippen LogP contribution >= 0.6 is 0 Å². The normalized spacial score (nSPS) is 18.1. The van der Waals surface area contributed by atoms with Gasteiger partial charge in [0.05, 0.1) is 25.0 Å². The molecule has 4 rings (SSSR count). The highest BCUT2D eigenvalue weighted by atomic mass is 19.2. The van der Waals surface area contributed by atoms with Crippen LogP contribution in [0.3, 0.4) is 0 Å². The number of nitrogens with zero attached hydrogens (tertiary/aromatic N) is 2. The first kappa shape index (κ1) is 40.9. The highest BCUT2D eigenvalue weighted by molar-refractivity contribution is 6.02. The minimum atomic E-state index is -1.36. The molecular weight excluding hydrogens is 662 g/mol. The molecule has 0 aromatic heterocycles. The summed E-state index contributed by atoms with van der Waals surface area (Å²) in [6.45, 7) is 9.81. The van der Waals surface area contributed by atoms with Crippen LogP contribution in [-0.2, 0) is 14.3 Å². The van der Waals surface area contributed by atoms with Gasteiger partial charge < -0.3 is 30.7 Å². The topological polar surface area (TPSA) is 141 Å². The molecule has 12 nitrogen and oxygen atoms in total. The van der Waals surface area contributed by atoms with E-state index in [9.17, 15) is 28.0 Å². The van der Waals surface area contributed by atoms with Crippen LogP contribution < -0.4 is 21.3 Å². The van der Waals surface area contributed by atoms with Gasteiger partial charge in [0.2, 0.25) is 0 Å². The van der Waals surface area contributed by atoms with Crippen LogP contribution in [0.4, 0.5) is 28.9 Å². The third-order valence-corrected chi connectivity index (χ3v) is 8.89. The molecule has 6 amide bonds. The first-order valence-corrected chi connectivity index (χ1v) is 17.3. The predicted molar refractivity (Wildman–Crippen MR) is 191 cm³/mol. The van der Waals surface area contributed by atoms with E-state index in [0.717, 1.165) is 67.6 Å². The number of rotatable bonds is 12. The fraction of sp³-hybridized carbons (Fsp3) is 0.514. The monoisotopic (exact) mass is 714 g/mol. The van der Waals surface area contributed by atoms with Crippen molar-refractivity contribution in [2.45, 2.75) is 77.9 Å². The van der Waals surface area contributed by atoms with Crippen molar-refractivity contribution in [3.63, 3.8) is 0 Å². The van der Waals surface area contributed by atoms with Gasteiger partial charge in [0.15, 0.2) is 11.6 Å². The molecule has 0 radical (unpaired) electrons. The third-order valence-electron chi connectivity index (χ3n) is 8.89. The summed E-state index contributed by atoms with van der Waals surface area (Å²) < 4.78 is 38.1. The lowest BCUT2D eigenvalue weighted by Crippen LogP contribution is -2.56. The summed E-state index contributed by atoms with van der Waals surface area (Å²) in [5, 5.41) is 10.7. The molecule has 1 saturated heterocycles. The lowest BCUT2D eigenvalue weighted by molar-refractivity contribution is -0.137. The Labute approximate surface area is 299 Å². The Morgan fingerprint density at radius 3 is 2.37 bits per heavy atom. The molecule has 2 aliphatic heterocycles. The molecule has 0 bridgehead atoms. The summed E-state index contributed by atoms with van der Waals surface area (Å²) in [5.74, 6) is -2.51. The van der Waals surface area contributed by atoms with Crippen LogP contribution in [0.25, 0.3) is 0 Å². The molecule has 3 unspecified atom stereocenters. The number of anilines is 1. The average Bonchev–Trinajstić information content (AvgIpc) is 3.56. The summed E-state index contributed by atoms with van der Waals surface area (Å²) in [5.41, 5.74) is 1.91. The van der Waals surface area contributed by atoms with Gasteiger partial charge in [0.25, 0.3) is 0 Å². The number of carbonyl (C=O) groups is 4. The Balaban J connectivity index is 0.000000493. The van der Waals surface area contributed by atoms with E-state index < -0.39 is 35.7 Å². The maximum Gasteiger partial charge on any atom is 0.338 e. The first-order chi connectivity index (χ1) is 24.3. The minimum absolute atomic E-state index is 0.0395. The van der Waals surface area contributed by atoms with Crippen molar-refractivity contribution in [1.82, 2.24) is 25.8 Å². The zero-order valence-electron chi connectivity index (χ0n) is 30.6. The molecule has 2 heterocycles. The van der Waals surface area contributed by atoms with Gasteiger partial charge in [-0.3, -0.25) is 4.90 Å². The lowest BCUT2D eigenvalue weighted by atomic mass is 9.93. The van der Waals surface area contributed by atoms with Gasteiger partial charge in [-0.05, 0) is 67.9 Å². The van der Waals surface area contributed by atoms with Gasteiger partial charge in [-0.25, -0.2) is 32.9 Å². The zero-order chi connectivity index (χ0) is 37.7. The van der Waals surface area contributed by atoms with Gasteiger partial charge in [-0.1, -0.05) is 51.5 Å². The second-order valence-electron chi connectivity index (χ2n) is 13.1. The van der Waals surface area contributed by atoms with E-state index in [1.165, 1.54) is 13.2 Å². The summed E-state index contributed by atoms with van der Waals surface area (Å²) >= 11 is 0.